The number of aliphatic hydroxyl groups excluding tert-OH is 1. The minimum absolute atomic E-state index is 0.0345. The predicted octanol–water partition coefficient (Wildman–Crippen LogP) is 0.548. The summed E-state index contributed by atoms with van der Waals surface area (Å²) < 4.78 is 5.10. The number of hydrogen-bond acceptors (Lipinski definition) is 4. The molecule has 1 heterocycles. The van der Waals surface area contributed by atoms with Crippen LogP contribution in [0.2, 0.25) is 0 Å². The summed E-state index contributed by atoms with van der Waals surface area (Å²) in [6.45, 7) is 1.19. The van der Waals surface area contributed by atoms with E-state index in [4.69, 9.17) is 10.5 Å². The number of amides is 1. The largest absolute Gasteiger partial charge is 0.497 e. The van der Waals surface area contributed by atoms with Crippen LogP contribution in [0.4, 0.5) is 0 Å². The van der Waals surface area contributed by atoms with Crippen LogP contribution in [0, 0.1) is 0 Å². The second-order valence-electron chi connectivity index (χ2n) is 5.22. The van der Waals surface area contributed by atoms with Crippen molar-refractivity contribution >= 4 is 5.91 Å². The van der Waals surface area contributed by atoms with Gasteiger partial charge in [0.25, 0.3) is 0 Å². The van der Waals surface area contributed by atoms with Crippen molar-refractivity contribution in [3.05, 3.63) is 29.8 Å². The average Bonchev–Trinajstić information content (AvgIpc) is 2.48. The average molecular weight is 278 g/mol. The number of likely N-dealkylation sites (tertiary alicyclic amines) is 1. The monoisotopic (exact) mass is 278 g/mol. The lowest BCUT2D eigenvalue weighted by Gasteiger charge is -2.31. The van der Waals surface area contributed by atoms with E-state index in [1.165, 1.54) is 0 Å². The molecular formula is C15H22N2O3. The Bertz CT molecular complexity index is 439. The topological polar surface area (TPSA) is 75.8 Å². The number of nitrogens with zero attached hydrogens (tertiary/aromatic N) is 1. The Morgan fingerprint density at radius 3 is 2.55 bits per heavy atom. The summed E-state index contributed by atoms with van der Waals surface area (Å²) in [6.07, 6.45) is 1.51. The van der Waals surface area contributed by atoms with Gasteiger partial charge in [-0.25, -0.2) is 0 Å². The molecule has 1 aromatic carbocycles. The first-order chi connectivity index (χ1) is 9.60. The van der Waals surface area contributed by atoms with Crippen LogP contribution in [0.1, 0.15) is 18.4 Å². The number of benzene rings is 1. The van der Waals surface area contributed by atoms with E-state index in [-0.39, 0.29) is 12.0 Å². The number of carbonyl (C=O) groups is 1. The maximum absolute atomic E-state index is 12.2. The van der Waals surface area contributed by atoms with Gasteiger partial charge in [0.15, 0.2) is 0 Å². The molecule has 0 radical (unpaired) electrons. The summed E-state index contributed by atoms with van der Waals surface area (Å²) in [5.41, 5.74) is 7.02. The molecule has 1 atom stereocenters. The minimum Gasteiger partial charge on any atom is -0.497 e. The molecule has 0 aliphatic carbocycles. The molecular weight excluding hydrogens is 256 g/mol. The minimum atomic E-state index is -0.529. The van der Waals surface area contributed by atoms with E-state index < -0.39 is 6.04 Å². The SMILES string of the molecule is COc1ccc(C[C@H](N)C(=O)N2CCC(O)CC2)cc1. The number of aliphatic hydroxyl groups is 1. The standard InChI is InChI=1S/C15H22N2O3/c1-20-13-4-2-11(3-5-13)10-14(16)15(19)17-8-6-12(18)7-9-17/h2-5,12,14,18H,6-10,16H2,1H3/t14-/m0/s1. The molecule has 1 saturated heterocycles. The fourth-order valence-corrected chi connectivity index (χ4v) is 2.42. The lowest BCUT2D eigenvalue weighted by atomic mass is 10.0. The third-order valence-corrected chi connectivity index (χ3v) is 3.71. The summed E-state index contributed by atoms with van der Waals surface area (Å²) in [6, 6.07) is 7.05. The van der Waals surface area contributed by atoms with Crippen LogP contribution in [0.15, 0.2) is 24.3 Å². The summed E-state index contributed by atoms with van der Waals surface area (Å²) >= 11 is 0. The first kappa shape index (κ1) is 14.8. The van der Waals surface area contributed by atoms with Crippen molar-refractivity contribution in [1.29, 1.82) is 0 Å². The molecule has 1 aromatic rings. The van der Waals surface area contributed by atoms with Crippen molar-refractivity contribution < 1.29 is 14.6 Å². The van der Waals surface area contributed by atoms with E-state index in [0.29, 0.717) is 32.4 Å². The van der Waals surface area contributed by atoms with Gasteiger partial charge >= 0.3 is 0 Å². The molecule has 1 fully saturated rings. The Morgan fingerprint density at radius 2 is 2.00 bits per heavy atom. The van der Waals surface area contributed by atoms with E-state index in [0.717, 1.165) is 11.3 Å². The van der Waals surface area contributed by atoms with Crippen molar-refractivity contribution in [3.63, 3.8) is 0 Å². The van der Waals surface area contributed by atoms with Crippen molar-refractivity contribution in [2.24, 2.45) is 5.73 Å². The van der Waals surface area contributed by atoms with Crippen LogP contribution in [0.5, 0.6) is 5.75 Å². The van der Waals surface area contributed by atoms with Gasteiger partial charge in [-0.3, -0.25) is 4.79 Å². The molecule has 1 aliphatic rings. The van der Waals surface area contributed by atoms with Crippen LogP contribution in [0.25, 0.3) is 0 Å². The highest BCUT2D eigenvalue weighted by atomic mass is 16.5. The second-order valence-corrected chi connectivity index (χ2v) is 5.22. The maximum atomic E-state index is 12.2. The van der Waals surface area contributed by atoms with Gasteiger partial charge in [-0.1, -0.05) is 12.1 Å². The Labute approximate surface area is 119 Å². The van der Waals surface area contributed by atoms with Crippen molar-refractivity contribution in [1.82, 2.24) is 4.90 Å². The van der Waals surface area contributed by atoms with Crippen LogP contribution >= 0.6 is 0 Å². The van der Waals surface area contributed by atoms with Gasteiger partial charge in [0.05, 0.1) is 19.3 Å². The molecule has 0 aromatic heterocycles. The lowest BCUT2D eigenvalue weighted by Crippen LogP contribution is -2.48. The highest BCUT2D eigenvalue weighted by Gasteiger charge is 2.25. The van der Waals surface area contributed by atoms with Crippen LogP contribution in [-0.4, -0.2) is 48.3 Å². The summed E-state index contributed by atoms with van der Waals surface area (Å²) in [5, 5.41) is 9.45. The van der Waals surface area contributed by atoms with E-state index in [1.807, 2.05) is 24.3 Å². The molecule has 5 heteroatoms. The van der Waals surface area contributed by atoms with Crippen molar-refractivity contribution in [2.45, 2.75) is 31.4 Å². The molecule has 0 saturated carbocycles. The molecule has 0 unspecified atom stereocenters. The zero-order valence-electron chi connectivity index (χ0n) is 11.8. The van der Waals surface area contributed by atoms with Crippen LogP contribution < -0.4 is 10.5 Å². The smallest absolute Gasteiger partial charge is 0.239 e. The predicted molar refractivity (Wildman–Crippen MR) is 76.5 cm³/mol. The first-order valence-electron chi connectivity index (χ1n) is 6.95. The molecule has 3 N–H and O–H groups in total. The van der Waals surface area contributed by atoms with Gasteiger partial charge in [-0.05, 0) is 37.0 Å². The van der Waals surface area contributed by atoms with E-state index in [9.17, 15) is 9.90 Å². The molecule has 1 amide bonds. The molecule has 110 valence electrons. The fraction of sp³-hybridized carbons (Fsp3) is 0.533. The summed E-state index contributed by atoms with van der Waals surface area (Å²) in [5.74, 6) is 0.756. The van der Waals surface area contributed by atoms with Gasteiger partial charge in [0.2, 0.25) is 5.91 Å². The number of rotatable bonds is 4. The third kappa shape index (κ3) is 3.71. The number of methoxy groups -OCH3 is 1. The van der Waals surface area contributed by atoms with Crippen molar-refractivity contribution in [3.8, 4) is 5.75 Å². The number of piperidine rings is 1. The van der Waals surface area contributed by atoms with Crippen LogP contribution in [-0.2, 0) is 11.2 Å². The number of hydrogen-bond donors (Lipinski definition) is 2. The number of ether oxygens (including phenoxy) is 1. The quantitative estimate of drug-likeness (QED) is 0.843. The van der Waals surface area contributed by atoms with Gasteiger partial charge in [-0.2, -0.15) is 0 Å². The van der Waals surface area contributed by atoms with Gasteiger partial charge in [0, 0.05) is 13.1 Å². The molecule has 5 nitrogen and oxygen atoms in total. The van der Waals surface area contributed by atoms with Gasteiger partial charge in [-0.15, -0.1) is 0 Å². The Morgan fingerprint density at radius 1 is 1.40 bits per heavy atom. The molecule has 0 bridgehead atoms. The lowest BCUT2D eigenvalue weighted by molar-refractivity contribution is -0.134. The fourth-order valence-electron chi connectivity index (χ4n) is 2.42. The highest BCUT2D eigenvalue weighted by molar-refractivity contribution is 5.82. The third-order valence-electron chi connectivity index (χ3n) is 3.71. The van der Waals surface area contributed by atoms with E-state index >= 15 is 0 Å². The van der Waals surface area contributed by atoms with Crippen LogP contribution in [0.3, 0.4) is 0 Å². The number of nitrogens with two attached hydrogens (primary N) is 1. The van der Waals surface area contributed by atoms with Gasteiger partial charge < -0.3 is 20.5 Å². The molecule has 2 rings (SSSR count). The zero-order valence-corrected chi connectivity index (χ0v) is 11.8. The van der Waals surface area contributed by atoms with E-state index in [2.05, 4.69) is 0 Å². The Balaban J connectivity index is 1.89. The normalized spacial score (nSPS) is 17.9. The molecule has 0 spiro atoms. The molecule has 20 heavy (non-hydrogen) atoms. The van der Waals surface area contributed by atoms with Crippen molar-refractivity contribution in [2.75, 3.05) is 20.2 Å². The first-order valence-corrected chi connectivity index (χ1v) is 6.95. The molecule has 1 aliphatic heterocycles. The maximum Gasteiger partial charge on any atom is 0.239 e. The highest BCUT2D eigenvalue weighted by Crippen LogP contribution is 2.15. The Hall–Kier alpha value is -1.59. The summed E-state index contributed by atoms with van der Waals surface area (Å²) in [4.78, 5) is 14.0. The number of carbonyl (C=O) groups excluding carboxylic acids is 1. The zero-order chi connectivity index (χ0) is 14.5. The van der Waals surface area contributed by atoms with Gasteiger partial charge in [0.1, 0.15) is 5.75 Å². The second kappa shape index (κ2) is 6.72. The Kier molecular flexibility index (Phi) is 4.98. The summed E-state index contributed by atoms with van der Waals surface area (Å²) in [7, 11) is 1.62. The van der Waals surface area contributed by atoms with E-state index in [1.54, 1.807) is 12.0 Å².